The predicted molar refractivity (Wildman–Crippen MR) is 77.0 cm³/mol. The first-order valence-corrected chi connectivity index (χ1v) is 6.93. The molecule has 1 aliphatic rings. The zero-order chi connectivity index (χ0) is 14.9. The van der Waals surface area contributed by atoms with Gasteiger partial charge in [-0.25, -0.2) is 4.39 Å². The van der Waals surface area contributed by atoms with E-state index in [9.17, 15) is 9.18 Å². The number of hydrogen-bond acceptors (Lipinski definition) is 3. The van der Waals surface area contributed by atoms with Crippen LogP contribution in [-0.2, 0) is 4.79 Å². The lowest BCUT2D eigenvalue weighted by Gasteiger charge is -2.43. The maximum Gasteiger partial charge on any atom is 0.238 e. The highest BCUT2D eigenvalue weighted by atomic mass is 79.9. The molecule has 0 unspecified atom stereocenters. The zero-order valence-electron chi connectivity index (χ0n) is 10.9. The van der Waals surface area contributed by atoms with Crippen molar-refractivity contribution >= 4 is 33.4 Å². The molecule has 0 aliphatic heterocycles. The molecule has 1 aromatic carbocycles. The Morgan fingerprint density at radius 3 is 2.75 bits per heavy atom. The van der Waals surface area contributed by atoms with E-state index in [1.165, 1.54) is 12.1 Å². The second kappa shape index (κ2) is 5.40. The standard InChI is InChI=1S/C13H15BrFN3O2/c1-7-5-13(6-7,11(16)18-20)12(19)17-8-2-3-9(14)10(15)4-8/h2-4,7,20H,5-6H2,1H3,(H2,16,18)(H,17,19). The summed E-state index contributed by atoms with van der Waals surface area (Å²) in [6.07, 6.45) is 1.02. The normalized spacial score (nSPS) is 25.9. The van der Waals surface area contributed by atoms with E-state index in [1.807, 2.05) is 6.92 Å². The van der Waals surface area contributed by atoms with E-state index in [1.54, 1.807) is 6.07 Å². The summed E-state index contributed by atoms with van der Waals surface area (Å²) < 4.78 is 13.7. The lowest BCUT2D eigenvalue weighted by atomic mass is 9.61. The zero-order valence-corrected chi connectivity index (χ0v) is 12.4. The number of amidine groups is 1. The first-order valence-electron chi connectivity index (χ1n) is 6.13. The van der Waals surface area contributed by atoms with Crippen LogP contribution in [0.5, 0.6) is 0 Å². The average molecular weight is 344 g/mol. The van der Waals surface area contributed by atoms with E-state index in [0.29, 0.717) is 28.9 Å². The summed E-state index contributed by atoms with van der Waals surface area (Å²) in [7, 11) is 0. The van der Waals surface area contributed by atoms with Crippen molar-refractivity contribution in [3.8, 4) is 0 Å². The van der Waals surface area contributed by atoms with Crippen LogP contribution in [0.3, 0.4) is 0 Å². The fourth-order valence-electron chi connectivity index (χ4n) is 2.56. The van der Waals surface area contributed by atoms with Gasteiger partial charge < -0.3 is 16.3 Å². The highest BCUT2D eigenvalue weighted by molar-refractivity contribution is 9.10. The molecule has 0 aromatic heterocycles. The molecule has 1 amide bonds. The van der Waals surface area contributed by atoms with Crippen molar-refractivity contribution in [1.82, 2.24) is 0 Å². The van der Waals surface area contributed by atoms with Crippen molar-refractivity contribution in [2.75, 3.05) is 5.32 Å². The summed E-state index contributed by atoms with van der Waals surface area (Å²) in [6.45, 7) is 1.98. The molecule has 4 N–H and O–H groups in total. The maximum absolute atomic E-state index is 13.4. The molecule has 5 nitrogen and oxygen atoms in total. The first-order chi connectivity index (χ1) is 9.39. The van der Waals surface area contributed by atoms with Crippen molar-refractivity contribution in [3.05, 3.63) is 28.5 Å². The lowest BCUT2D eigenvalue weighted by molar-refractivity contribution is -0.127. The van der Waals surface area contributed by atoms with Crippen molar-refractivity contribution in [3.63, 3.8) is 0 Å². The van der Waals surface area contributed by atoms with Crippen molar-refractivity contribution in [2.24, 2.45) is 22.2 Å². The first kappa shape index (κ1) is 14.8. The van der Waals surface area contributed by atoms with E-state index in [0.717, 1.165) is 0 Å². The maximum atomic E-state index is 13.4. The van der Waals surface area contributed by atoms with Gasteiger partial charge in [-0.3, -0.25) is 4.79 Å². The Balaban J connectivity index is 2.20. The second-order valence-electron chi connectivity index (χ2n) is 5.16. The van der Waals surface area contributed by atoms with Gasteiger partial charge in [0.2, 0.25) is 5.91 Å². The molecular weight excluding hydrogens is 329 g/mol. The topological polar surface area (TPSA) is 87.7 Å². The Bertz CT molecular complexity index is 571. The van der Waals surface area contributed by atoms with Crippen LogP contribution in [0.2, 0.25) is 0 Å². The summed E-state index contributed by atoms with van der Waals surface area (Å²) in [5.74, 6) is -0.636. The molecule has 0 heterocycles. The quantitative estimate of drug-likeness (QED) is 0.341. The Morgan fingerprint density at radius 2 is 2.25 bits per heavy atom. The summed E-state index contributed by atoms with van der Waals surface area (Å²) in [5, 5.41) is 14.4. The van der Waals surface area contributed by atoms with Gasteiger partial charge in [-0.1, -0.05) is 12.1 Å². The Labute approximate surface area is 124 Å². The molecular formula is C13H15BrFN3O2. The summed E-state index contributed by atoms with van der Waals surface area (Å²) in [6, 6.07) is 4.29. The van der Waals surface area contributed by atoms with Gasteiger partial charge in [0, 0.05) is 5.69 Å². The van der Waals surface area contributed by atoms with Crippen LogP contribution >= 0.6 is 15.9 Å². The number of nitrogens with one attached hydrogen (secondary N) is 1. The molecule has 0 atom stereocenters. The highest BCUT2D eigenvalue weighted by Crippen LogP contribution is 2.46. The van der Waals surface area contributed by atoms with Crippen LogP contribution in [-0.4, -0.2) is 17.0 Å². The van der Waals surface area contributed by atoms with Crippen LogP contribution in [0.15, 0.2) is 27.8 Å². The van der Waals surface area contributed by atoms with Crippen LogP contribution in [0.4, 0.5) is 10.1 Å². The minimum Gasteiger partial charge on any atom is -0.409 e. The molecule has 7 heteroatoms. The van der Waals surface area contributed by atoms with Crippen molar-refractivity contribution in [2.45, 2.75) is 19.8 Å². The molecule has 108 valence electrons. The largest absolute Gasteiger partial charge is 0.409 e. The number of rotatable bonds is 3. The third kappa shape index (κ3) is 2.49. The van der Waals surface area contributed by atoms with E-state index in [-0.39, 0.29) is 11.7 Å². The second-order valence-corrected chi connectivity index (χ2v) is 6.02. The number of benzene rings is 1. The smallest absolute Gasteiger partial charge is 0.238 e. The van der Waals surface area contributed by atoms with Gasteiger partial charge in [0.15, 0.2) is 5.84 Å². The van der Waals surface area contributed by atoms with Crippen LogP contribution in [0, 0.1) is 17.2 Å². The van der Waals surface area contributed by atoms with Gasteiger partial charge in [0.05, 0.1) is 4.47 Å². The fourth-order valence-corrected chi connectivity index (χ4v) is 2.81. The number of nitrogens with zero attached hydrogens (tertiary/aromatic N) is 1. The summed E-state index contributed by atoms with van der Waals surface area (Å²) in [4.78, 5) is 12.3. The van der Waals surface area contributed by atoms with Gasteiger partial charge in [0.1, 0.15) is 11.2 Å². The SMILES string of the molecule is CC1CC(C(=O)Nc2ccc(Br)c(F)c2)(/C(N)=N/O)C1. The Hall–Kier alpha value is -1.63. The lowest BCUT2D eigenvalue weighted by Crippen LogP contribution is -2.54. The highest BCUT2D eigenvalue weighted by Gasteiger charge is 2.52. The molecule has 0 radical (unpaired) electrons. The van der Waals surface area contributed by atoms with E-state index in [4.69, 9.17) is 10.9 Å². The summed E-state index contributed by atoms with van der Waals surface area (Å²) in [5.41, 5.74) is 4.97. The van der Waals surface area contributed by atoms with Crippen LogP contribution in [0.25, 0.3) is 0 Å². The van der Waals surface area contributed by atoms with E-state index in [2.05, 4.69) is 26.4 Å². The molecule has 1 aliphatic carbocycles. The number of carbonyl (C=O) groups excluding carboxylic acids is 1. The van der Waals surface area contributed by atoms with Gasteiger partial charge in [-0.2, -0.15) is 0 Å². The van der Waals surface area contributed by atoms with Crippen molar-refractivity contribution < 1.29 is 14.4 Å². The average Bonchev–Trinajstić information content (AvgIpc) is 2.38. The fraction of sp³-hybridized carbons (Fsp3) is 0.385. The third-order valence-electron chi connectivity index (χ3n) is 3.60. The number of halogens is 2. The van der Waals surface area contributed by atoms with Gasteiger partial charge in [-0.15, -0.1) is 0 Å². The van der Waals surface area contributed by atoms with Gasteiger partial charge >= 0.3 is 0 Å². The van der Waals surface area contributed by atoms with E-state index >= 15 is 0 Å². The molecule has 2 rings (SSSR count). The molecule has 0 saturated heterocycles. The minimum atomic E-state index is -1.00. The number of anilines is 1. The Kier molecular flexibility index (Phi) is 3.99. The molecule has 1 aromatic rings. The number of hydrogen-bond donors (Lipinski definition) is 3. The summed E-state index contributed by atoms with van der Waals surface area (Å²) >= 11 is 3.04. The van der Waals surface area contributed by atoms with Gasteiger partial charge in [-0.05, 0) is 52.9 Å². The number of nitrogens with two attached hydrogens (primary N) is 1. The number of oxime groups is 1. The predicted octanol–water partition coefficient (Wildman–Crippen LogP) is 2.69. The molecule has 0 bridgehead atoms. The van der Waals surface area contributed by atoms with Crippen molar-refractivity contribution in [1.29, 1.82) is 0 Å². The van der Waals surface area contributed by atoms with Gasteiger partial charge in [0.25, 0.3) is 0 Å². The van der Waals surface area contributed by atoms with Crippen LogP contribution < -0.4 is 11.1 Å². The van der Waals surface area contributed by atoms with E-state index < -0.39 is 11.2 Å². The third-order valence-corrected chi connectivity index (χ3v) is 4.25. The number of carbonyl (C=O) groups is 1. The molecule has 1 saturated carbocycles. The number of amides is 1. The monoisotopic (exact) mass is 343 g/mol. The Morgan fingerprint density at radius 1 is 1.60 bits per heavy atom. The molecule has 0 spiro atoms. The molecule has 1 fully saturated rings. The minimum absolute atomic E-state index is 0.106. The molecule has 20 heavy (non-hydrogen) atoms. The van der Waals surface area contributed by atoms with Crippen LogP contribution in [0.1, 0.15) is 19.8 Å².